The summed E-state index contributed by atoms with van der Waals surface area (Å²) in [5, 5.41) is 31.4. The van der Waals surface area contributed by atoms with Gasteiger partial charge in [0.1, 0.15) is 11.6 Å². The highest BCUT2D eigenvalue weighted by atomic mass is 32.1. The molecule has 0 bridgehead atoms. The van der Waals surface area contributed by atoms with Gasteiger partial charge in [-0.2, -0.15) is 15.1 Å². The molecule has 0 radical (unpaired) electrons. The molecule has 38 heavy (non-hydrogen) atoms. The van der Waals surface area contributed by atoms with E-state index in [-0.39, 0.29) is 33.9 Å². The van der Waals surface area contributed by atoms with Gasteiger partial charge in [0.25, 0.3) is 11.9 Å². The Morgan fingerprint density at radius 2 is 2.08 bits per heavy atom. The molecule has 0 atom stereocenters. The zero-order chi connectivity index (χ0) is 26.6. The molecule has 0 aliphatic carbocycles. The van der Waals surface area contributed by atoms with E-state index in [9.17, 15) is 19.3 Å². The van der Waals surface area contributed by atoms with E-state index in [0.717, 1.165) is 11.3 Å². The second-order valence-corrected chi connectivity index (χ2v) is 8.93. The number of hydrogen-bond donors (Lipinski definition) is 2. The first kappa shape index (κ1) is 24.9. The van der Waals surface area contributed by atoms with Gasteiger partial charge in [-0.05, 0) is 37.1 Å². The summed E-state index contributed by atoms with van der Waals surface area (Å²) in [6.07, 6.45) is 4.24. The number of nitro groups is 1. The van der Waals surface area contributed by atoms with Gasteiger partial charge in [0.15, 0.2) is 5.65 Å². The minimum Gasteiger partial charge on any atom is -0.477 e. The number of nitrogens with one attached hydrogen (secondary N) is 1. The fourth-order valence-corrected chi connectivity index (χ4v) is 4.21. The molecule has 4 heterocycles. The molecule has 5 rings (SSSR count). The minimum atomic E-state index is -0.610. The average Bonchev–Trinajstić information content (AvgIpc) is 3.66. The number of aliphatic hydroxyl groups is 1. The maximum Gasteiger partial charge on any atom is 0.324 e. The molecular formula is C23H19FN8O5S. The number of carbonyl (C=O) groups is 1. The number of hydrogen-bond acceptors (Lipinski definition) is 10. The zero-order valence-electron chi connectivity index (χ0n) is 19.5. The molecule has 5 aromatic rings. The van der Waals surface area contributed by atoms with Gasteiger partial charge in [0.2, 0.25) is 5.88 Å². The molecular weight excluding hydrogens is 519 g/mol. The van der Waals surface area contributed by atoms with Gasteiger partial charge in [-0.15, -0.1) is 5.10 Å². The number of carbonyl (C=O) groups excluding carboxylic acids is 1. The molecule has 0 spiro atoms. The number of benzene rings is 1. The van der Waals surface area contributed by atoms with Crippen molar-refractivity contribution in [3.8, 4) is 17.5 Å². The number of rotatable bonds is 10. The first-order valence-corrected chi connectivity index (χ1v) is 12.1. The lowest BCUT2D eigenvalue weighted by atomic mass is 10.3. The minimum absolute atomic E-state index is 0.0633. The lowest BCUT2D eigenvalue weighted by Gasteiger charge is -2.09. The van der Waals surface area contributed by atoms with Crippen molar-refractivity contribution in [3.05, 3.63) is 75.7 Å². The van der Waals surface area contributed by atoms with E-state index in [1.807, 2.05) is 0 Å². The molecule has 15 heteroatoms. The summed E-state index contributed by atoms with van der Waals surface area (Å²) in [5.41, 5.74) is 0.651. The van der Waals surface area contributed by atoms with E-state index in [2.05, 4.69) is 25.5 Å². The van der Waals surface area contributed by atoms with Gasteiger partial charge in [0, 0.05) is 24.9 Å². The molecule has 0 saturated heterocycles. The van der Waals surface area contributed by atoms with Crippen LogP contribution < -0.4 is 10.1 Å². The normalized spacial score (nSPS) is 11.1. The van der Waals surface area contributed by atoms with Crippen LogP contribution in [0, 0.1) is 15.9 Å². The molecule has 2 N–H and O–H groups in total. The third-order valence-electron chi connectivity index (χ3n) is 5.27. The van der Waals surface area contributed by atoms with E-state index in [4.69, 9.17) is 9.84 Å². The maximum atomic E-state index is 13.9. The van der Waals surface area contributed by atoms with Gasteiger partial charge in [0.05, 0.1) is 33.7 Å². The number of aromatic nitrogens is 6. The van der Waals surface area contributed by atoms with Crippen molar-refractivity contribution in [3.63, 3.8) is 0 Å². The highest BCUT2D eigenvalue weighted by Crippen LogP contribution is 2.28. The van der Waals surface area contributed by atoms with Crippen molar-refractivity contribution < 1.29 is 24.0 Å². The largest absolute Gasteiger partial charge is 0.477 e. The molecule has 194 valence electrons. The number of amides is 1. The molecule has 0 aliphatic rings. The SMILES string of the molecule is O=C(Nc1nc(-n2ccc(OCCCCO)n2)nc2c1cnn2-c1cccc(F)c1)c1ccc([N+](=O)[O-])s1. The van der Waals surface area contributed by atoms with Crippen molar-refractivity contribution in [2.24, 2.45) is 0 Å². The van der Waals surface area contributed by atoms with Crippen molar-refractivity contribution in [2.45, 2.75) is 12.8 Å². The lowest BCUT2D eigenvalue weighted by molar-refractivity contribution is -0.380. The highest BCUT2D eigenvalue weighted by molar-refractivity contribution is 7.17. The van der Waals surface area contributed by atoms with E-state index in [1.165, 1.54) is 45.9 Å². The molecule has 0 saturated carbocycles. The fraction of sp³-hybridized carbons (Fsp3) is 0.174. The van der Waals surface area contributed by atoms with Crippen LogP contribution in [0.2, 0.25) is 0 Å². The molecule has 4 aromatic heterocycles. The molecule has 13 nitrogen and oxygen atoms in total. The number of aliphatic hydroxyl groups excluding tert-OH is 1. The predicted octanol–water partition coefficient (Wildman–Crippen LogP) is 3.51. The van der Waals surface area contributed by atoms with Crippen LogP contribution in [-0.2, 0) is 0 Å². The fourth-order valence-electron chi connectivity index (χ4n) is 3.49. The topological polar surface area (TPSA) is 163 Å². The maximum absolute atomic E-state index is 13.9. The smallest absolute Gasteiger partial charge is 0.324 e. The monoisotopic (exact) mass is 538 g/mol. The summed E-state index contributed by atoms with van der Waals surface area (Å²) in [6, 6.07) is 9.96. The van der Waals surface area contributed by atoms with Gasteiger partial charge < -0.3 is 15.2 Å². The van der Waals surface area contributed by atoms with Gasteiger partial charge in [-0.3, -0.25) is 14.9 Å². The highest BCUT2D eigenvalue weighted by Gasteiger charge is 2.21. The molecule has 0 fully saturated rings. The van der Waals surface area contributed by atoms with Crippen molar-refractivity contribution in [2.75, 3.05) is 18.5 Å². The van der Waals surface area contributed by atoms with Gasteiger partial charge >= 0.3 is 5.00 Å². The first-order chi connectivity index (χ1) is 18.4. The summed E-state index contributed by atoms with van der Waals surface area (Å²) >= 11 is 0.726. The Labute approximate surface area is 217 Å². The lowest BCUT2D eigenvalue weighted by Crippen LogP contribution is -2.14. The number of unbranched alkanes of at least 4 members (excludes halogenated alkanes) is 1. The number of anilines is 1. The van der Waals surface area contributed by atoms with Gasteiger partial charge in [-0.25, -0.2) is 13.8 Å². The van der Waals surface area contributed by atoms with Crippen molar-refractivity contribution in [1.29, 1.82) is 0 Å². The first-order valence-electron chi connectivity index (χ1n) is 11.3. The van der Waals surface area contributed by atoms with Crippen LogP contribution in [-0.4, -0.2) is 58.7 Å². The van der Waals surface area contributed by atoms with Crippen molar-refractivity contribution >= 4 is 39.1 Å². The van der Waals surface area contributed by atoms with Crippen LogP contribution in [0.4, 0.5) is 15.2 Å². The third kappa shape index (κ3) is 5.18. The van der Waals surface area contributed by atoms with E-state index in [0.29, 0.717) is 36.4 Å². The van der Waals surface area contributed by atoms with Crippen LogP contribution in [0.3, 0.4) is 0 Å². The molecule has 1 aromatic carbocycles. The second kappa shape index (κ2) is 10.7. The Balaban J connectivity index is 1.54. The van der Waals surface area contributed by atoms with Gasteiger partial charge in [-0.1, -0.05) is 17.4 Å². The number of halogens is 1. The third-order valence-corrected chi connectivity index (χ3v) is 6.30. The summed E-state index contributed by atoms with van der Waals surface area (Å²) in [4.78, 5) is 32.5. The Morgan fingerprint density at radius 1 is 1.21 bits per heavy atom. The Hall–Kier alpha value is -4.76. The Morgan fingerprint density at radius 3 is 2.84 bits per heavy atom. The number of ether oxygens (including phenoxy) is 1. The van der Waals surface area contributed by atoms with Crippen molar-refractivity contribution in [1.82, 2.24) is 29.5 Å². The van der Waals surface area contributed by atoms with E-state index < -0.39 is 16.6 Å². The van der Waals surface area contributed by atoms with Crippen LogP contribution in [0.1, 0.15) is 22.5 Å². The average molecular weight is 539 g/mol. The van der Waals surface area contributed by atoms with E-state index >= 15 is 0 Å². The van der Waals surface area contributed by atoms with E-state index in [1.54, 1.807) is 18.3 Å². The van der Waals surface area contributed by atoms with Crippen LogP contribution in [0.15, 0.2) is 54.9 Å². The van der Waals surface area contributed by atoms with Crippen LogP contribution in [0.25, 0.3) is 22.7 Å². The van der Waals surface area contributed by atoms with Crippen LogP contribution in [0.5, 0.6) is 5.88 Å². The molecule has 1 amide bonds. The summed E-state index contributed by atoms with van der Waals surface area (Å²) in [5.74, 6) is -0.631. The van der Waals surface area contributed by atoms with Crippen LogP contribution >= 0.6 is 11.3 Å². The predicted molar refractivity (Wildman–Crippen MR) is 134 cm³/mol. The number of nitrogens with zero attached hydrogens (tertiary/aromatic N) is 7. The summed E-state index contributed by atoms with van der Waals surface area (Å²) in [7, 11) is 0. The number of fused-ring (bicyclic) bond motifs is 1. The second-order valence-electron chi connectivity index (χ2n) is 7.87. The Kier molecular flexibility index (Phi) is 7.01. The number of thiophene rings is 1. The summed E-state index contributed by atoms with van der Waals surface area (Å²) in [6.45, 7) is 0.427. The zero-order valence-corrected chi connectivity index (χ0v) is 20.3. The molecule has 0 unspecified atom stereocenters. The Bertz CT molecular complexity index is 1630. The molecule has 0 aliphatic heterocycles. The summed E-state index contributed by atoms with van der Waals surface area (Å²) < 4.78 is 22.3. The quantitative estimate of drug-likeness (QED) is 0.154. The standard InChI is InChI=1S/C23H19FN8O5S/c24-14-4-3-5-15(12-14)31-21-16(13-25-31)20(26-22(34)17-6-7-19(38-17)32(35)36)27-23(28-21)30-9-8-18(29-30)37-11-2-1-10-33/h3-9,12-13,33H,1-2,10-11H2,(H,26,27,28,34).